The summed E-state index contributed by atoms with van der Waals surface area (Å²) in [4.78, 5) is 26.4. The lowest BCUT2D eigenvalue weighted by atomic mass is 9.98. The Morgan fingerprint density at radius 1 is 1.39 bits per heavy atom. The van der Waals surface area contributed by atoms with E-state index in [1.54, 1.807) is 17.9 Å². The van der Waals surface area contributed by atoms with Crippen LogP contribution in [0.5, 0.6) is 5.75 Å². The minimum Gasteiger partial charge on any atom is -0.480 e. The second kappa shape index (κ2) is 8.47. The lowest BCUT2D eigenvalue weighted by molar-refractivity contribution is -0.139. The quantitative estimate of drug-likeness (QED) is 0.738. The van der Waals surface area contributed by atoms with Crippen LogP contribution in [0.3, 0.4) is 0 Å². The molecule has 0 spiro atoms. The summed E-state index contributed by atoms with van der Waals surface area (Å²) >= 11 is 0. The molecule has 1 amide bonds. The van der Waals surface area contributed by atoms with Crippen molar-refractivity contribution in [1.82, 2.24) is 4.90 Å². The van der Waals surface area contributed by atoms with E-state index in [9.17, 15) is 9.59 Å². The fourth-order valence-corrected chi connectivity index (χ4v) is 3.74. The van der Waals surface area contributed by atoms with Gasteiger partial charge in [0.05, 0.1) is 6.07 Å². The molecular formula is C22H26N2O4. The Bertz CT molecular complexity index is 965. The van der Waals surface area contributed by atoms with Gasteiger partial charge in [0.25, 0.3) is 5.91 Å². The maximum Gasteiger partial charge on any atom is 0.336 e. The molecule has 2 heterocycles. The highest BCUT2D eigenvalue weighted by atomic mass is 16.5. The molecule has 6 heteroatoms. The highest BCUT2D eigenvalue weighted by molar-refractivity contribution is 5.85. The number of rotatable bonds is 5. The molecule has 0 aliphatic carbocycles. The first-order valence-electron chi connectivity index (χ1n) is 9.86. The molecule has 1 aliphatic heterocycles. The SMILES string of the molecule is CCCc1cc(=O)oc2c(C)c(OC(C)C(=O)N3CCC(C#N)CC3)ccc12. The highest BCUT2D eigenvalue weighted by Crippen LogP contribution is 2.30. The predicted octanol–water partition coefficient (Wildman–Crippen LogP) is 3.58. The number of hydrogen-bond acceptors (Lipinski definition) is 5. The van der Waals surface area contributed by atoms with Crippen molar-refractivity contribution < 1.29 is 13.9 Å². The van der Waals surface area contributed by atoms with Crippen molar-refractivity contribution in [2.24, 2.45) is 5.92 Å². The van der Waals surface area contributed by atoms with Crippen LogP contribution in [0, 0.1) is 24.2 Å². The molecule has 1 atom stereocenters. The van der Waals surface area contributed by atoms with Crippen molar-refractivity contribution in [3.8, 4) is 11.8 Å². The zero-order valence-corrected chi connectivity index (χ0v) is 16.7. The van der Waals surface area contributed by atoms with Crippen LogP contribution in [-0.4, -0.2) is 30.0 Å². The number of ether oxygens (including phenoxy) is 1. The van der Waals surface area contributed by atoms with Crippen LogP contribution in [0.1, 0.15) is 44.2 Å². The lowest BCUT2D eigenvalue weighted by Crippen LogP contribution is -2.44. The van der Waals surface area contributed by atoms with Gasteiger partial charge in [-0.1, -0.05) is 13.3 Å². The number of likely N-dealkylation sites (tertiary alicyclic amines) is 1. The van der Waals surface area contributed by atoms with Crippen molar-refractivity contribution in [3.63, 3.8) is 0 Å². The molecule has 0 N–H and O–H groups in total. The van der Waals surface area contributed by atoms with Crippen LogP contribution in [0.4, 0.5) is 0 Å². The van der Waals surface area contributed by atoms with Crippen LogP contribution < -0.4 is 10.4 Å². The van der Waals surface area contributed by atoms with Crippen LogP contribution in [0.25, 0.3) is 11.0 Å². The largest absolute Gasteiger partial charge is 0.480 e. The molecule has 1 fully saturated rings. The van der Waals surface area contributed by atoms with Gasteiger partial charge < -0.3 is 14.1 Å². The van der Waals surface area contributed by atoms with E-state index in [-0.39, 0.29) is 17.5 Å². The first-order chi connectivity index (χ1) is 13.4. The van der Waals surface area contributed by atoms with Crippen LogP contribution in [0.15, 0.2) is 27.4 Å². The number of carbonyl (C=O) groups is 1. The van der Waals surface area contributed by atoms with E-state index in [1.165, 1.54) is 0 Å². The molecule has 6 nitrogen and oxygen atoms in total. The number of aryl methyl sites for hydroxylation is 2. The van der Waals surface area contributed by atoms with E-state index >= 15 is 0 Å². The summed E-state index contributed by atoms with van der Waals surface area (Å²) in [5, 5.41) is 9.91. The molecule has 1 aromatic heterocycles. The molecule has 3 rings (SSSR count). The van der Waals surface area contributed by atoms with Crippen LogP contribution >= 0.6 is 0 Å². The predicted molar refractivity (Wildman–Crippen MR) is 106 cm³/mol. The maximum absolute atomic E-state index is 12.7. The molecule has 0 bridgehead atoms. The molecule has 1 aromatic carbocycles. The molecule has 148 valence electrons. The lowest BCUT2D eigenvalue weighted by Gasteiger charge is -2.31. The molecule has 0 radical (unpaired) electrons. The number of nitriles is 1. The Balaban J connectivity index is 1.80. The van der Waals surface area contributed by atoms with Gasteiger partial charge in [-0.05, 0) is 50.8 Å². The van der Waals surface area contributed by atoms with Crippen molar-refractivity contribution in [2.45, 2.75) is 52.6 Å². The fourth-order valence-electron chi connectivity index (χ4n) is 3.74. The Hall–Kier alpha value is -2.81. The summed E-state index contributed by atoms with van der Waals surface area (Å²) in [5.41, 5.74) is 1.83. The zero-order chi connectivity index (χ0) is 20.3. The smallest absolute Gasteiger partial charge is 0.336 e. The molecule has 28 heavy (non-hydrogen) atoms. The third-order valence-corrected chi connectivity index (χ3v) is 5.36. The highest BCUT2D eigenvalue weighted by Gasteiger charge is 2.27. The van der Waals surface area contributed by atoms with E-state index in [2.05, 4.69) is 13.0 Å². The van der Waals surface area contributed by atoms with Crippen molar-refractivity contribution in [2.75, 3.05) is 13.1 Å². The summed E-state index contributed by atoms with van der Waals surface area (Å²) < 4.78 is 11.4. The zero-order valence-electron chi connectivity index (χ0n) is 16.7. The number of nitrogens with zero attached hydrogens (tertiary/aromatic N) is 2. The van der Waals surface area contributed by atoms with Gasteiger partial charge in [-0.2, -0.15) is 5.26 Å². The van der Waals surface area contributed by atoms with Gasteiger partial charge in [0.15, 0.2) is 6.10 Å². The molecule has 2 aromatic rings. The average molecular weight is 382 g/mol. The molecule has 1 aliphatic rings. The minimum absolute atomic E-state index is 0.0308. The van der Waals surface area contributed by atoms with E-state index in [4.69, 9.17) is 14.4 Å². The summed E-state index contributed by atoms with van der Waals surface area (Å²) in [6.45, 7) is 6.79. The molecule has 1 saturated heterocycles. The van der Waals surface area contributed by atoms with E-state index < -0.39 is 6.10 Å². The van der Waals surface area contributed by atoms with Gasteiger partial charge in [-0.25, -0.2) is 4.79 Å². The van der Waals surface area contributed by atoms with E-state index in [0.29, 0.717) is 37.3 Å². The van der Waals surface area contributed by atoms with Crippen LogP contribution in [0.2, 0.25) is 0 Å². The molecular weight excluding hydrogens is 356 g/mol. The van der Waals surface area contributed by atoms with Gasteiger partial charge in [0.1, 0.15) is 11.3 Å². The standard InChI is InChI=1S/C22H26N2O4/c1-4-5-17-12-20(25)28-21-14(2)19(7-6-18(17)21)27-15(3)22(26)24-10-8-16(13-23)9-11-24/h6-7,12,15-16H,4-5,8-11H2,1-3H3. The monoisotopic (exact) mass is 382 g/mol. The maximum atomic E-state index is 12.7. The number of fused-ring (bicyclic) bond motifs is 1. The number of carbonyl (C=O) groups excluding carboxylic acids is 1. The number of amides is 1. The number of benzene rings is 1. The average Bonchev–Trinajstić information content (AvgIpc) is 2.70. The normalized spacial score (nSPS) is 16.0. The van der Waals surface area contributed by atoms with Crippen LogP contribution in [-0.2, 0) is 11.2 Å². The summed E-state index contributed by atoms with van der Waals surface area (Å²) in [6, 6.07) is 7.54. The second-order valence-corrected chi connectivity index (χ2v) is 7.39. The fraction of sp³-hybridized carbons (Fsp3) is 0.500. The van der Waals surface area contributed by atoms with Crippen molar-refractivity contribution >= 4 is 16.9 Å². The minimum atomic E-state index is -0.652. The second-order valence-electron chi connectivity index (χ2n) is 7.39. The van der Waals surface area contributed by atoms with E-state index in [0.717, 1.165) is 29.4 Å². The van der Waals surface area contributed by atoms with Crippen molar-refractivity contribution in [3.05, 3.63) is 39.7 Å². The Labute approximate surface area is 164 Å². The van der Waals surface area contributed by atoms with Gasteiger partial charge in [-0.15, -0.1) is 0 Å². The first kappa shape index (κ1) is 19.9. The molecule has 0 saturated carbocycles. The summed E-state index contributed by atoms with van der Waals surface area (Å²) in [6.07, 6.45) is 2.49. The van der Waals surface area contributed by atoms with Gasteiger partial charge in [-0.3, -0.25) is 4.79 Å². The number of piperidine rings is 1. The summed E-state index contributed by atoms with van der Waals surface area (Å²) in [5.74, 6) is 0.484. The van der Waals surface area contributed by atoms with Gasteiger partial charge >= 0.3 is 5.63 Å². The van der Waals surface area contributed by atoms with E-state index in [1.807, 2.05) is 19.1 Å². The first-order valence-corrected chi connectivity index (χ1v) is 9.86. The van der Waals surface area contributed by atoms with Crippen molar-refractivity contribution in [1.29, 1.82) is 5.26 Å². The molecule has 1 unspecified atom stereocenters. The Morgan fingerprint density at radius 2 is 2.11 bits per heavy atom. The number of hydrogen-bond donors (Lipinski definition) is 0. The topological polar surface area (TPSA) is 83.5 Å². The Morgan fingerprint density at radius 3 is 2.75 bits per heavy atom. The van der Waals surface area contributed by atoms with Gasteiger partial charge in [0, 0.05) is 36.0 Å². The van der Waals surface area contributed by atoms with Gasteiger partial charge in [0.2, 0.25) is 0 Å². The third kappa shape index (κ3) is 4.04. The third-order valence-electron chi connectivity index (χ3n) is 5.36. The summed E-state index contributed by atoms with van der Waals surface area (Å²) in [7, 11) is 0. The Kier molecular flexibility index (Phi) is 6.03.